The molecule has 1 amide bonds. The van der Waals surface area contributed by atoms with Crippen molar-refractivity contribution in [3.63, 3.8) is 0 Å². The Balaban J connectivity index is 2.72. The van der Waals surface area contributed by atoms with Crippen molar-refractivity contribution in [2.45, 2.75) is 33.1 Å². The highest BCUT2D eigenvalue weighted by Gasteiger charge is 2.08. The number of benzene rings is 1. The summed E-state index contributed by atoms with van der Waals surface area (Å²) in [7, 11) is 1.80. The third-order valence-corrected chi connectivity index (χ3v) is 3.36. The van der Waals surface area contributed by atoms with Gasteiger partial charge >= 0.3 is 0 Å². The maximum Gasteiger partial charge on any atom is 0.236 e. The van der Waals surface area contributed by atoms with Gasteiger partial charge in [-0.2, -0.15) is 0 Å². The van der Waals surface area contributed by atoms with Crippen molar-refractivity contribution < 1.29 is 4.79 Å². The molecule has 0 unspecified atom stereocenters. The molecule has 0 spiro atoms. The second kappa shape index (κ2) is 6.55. The van der Waals surface area contributed by atoms with Crippen LogP contribution in [0.2, 0.25) is 0 Å². The van der Waals surface area contributed by atoms with Gasteiger partial charge in [0.25, 0.3) is 0 Å². The summed E-state index contributed by atoms with van der Waals surface area (Å²) < 4.78 is 0. The van der Waals surface area contributed by atoms with Crippen molar-refractivity contribution >= 4 is 5.91 Å². The van der Waals surface area contributed by atoms with Crippen LogP contribution in [0.4, 0.5) is 0 Å². The molecule has 0 saturated carbocycles. The predicted octanol–water partition coefficient (Wildman–Crippen LogP) is 2.08. The lowest BCUT2D eigenvalue weighted by atomic mass is 9.96. The molecule has 0 fully saturated rings. The van der Waals surface area contributed by atoms with E-state index in [9.17, 15) is 4.79 Å². The first-order valence-corrected chi connectivity index (χ1v) is 6.49. The Morgan fingerprint density at radius 3 is 2.61 bits per heavy atom. The summed E-state index contributed by atoms with van der Waals surface area (Å²) >= 11 is 0. The number of carbonyl (C=O) groups is 1. The Labute approximate surface area is 110 Å². The molecule has 18 heavy (non-hydrogen) atoms. The molecule has 1 aromatic carbocycles. The molecule has 1 aromatic rings. The maximum absolute atomic E-state index is 11.4. The number of nitrogens with two attached hydrogens (primary N) is 1. The molecule has 0 bridgehead atoms. The van der Waals surface area contributed by atoms with E-state index in [2.05, 4.69) is 39.0 Å². The first-order valence-electron chi connectivity index (χ1n) is 6.49. The Hall–Kier alpha value is -1.35. The topological polar surface area (TPSA) is 46.3 Å². The Morgan fingerprint density at radius 1 is 1.39 bits per heavy atom. The molecule has 0 atom stereocenters. The Morgan fingerprint density at radius 2 is 2.06 bits per heavy atom. The molecular formula is C15H24N2O. The van der Waals surface area contributed by atoms with E-state index in [1.165, 1.54) is 16.7 Å². The van der Waals surface area contributed by atoms with Crippen molar-refractivity contribution in [2.24, 2.45) is 5.73 Å². The van der Waals surface area contributed by atoms with Gasteiger partial charge in [0, 0.05) is 13.6 Å². The number of likely N-dealkylation sites (N-methyl/N-ethyl adjacent to an activating group) is 1. The Kier molecular flexibility index (Phi) is 5.35. The van der Waals surface area contributed by atoms with Crippen molar-refractivity contribution in [1.82, 2.24) is 4.90 Å². The van der Waals surface area contributed by atoms with Crippen LogP contribution in [-0.2, 0) is 11.2 Å². The van der Waals surface area contributed by atoms with Crippen LogP contribution < -0.4 is 5.73 Å². The fourth-order valence-corrected chi connectivity index (χ4v) is 1.89. The van der Waals surface area contributed by atoms with Gasteiger partial charge in [0.15, 0.2) is 0 Å². The number of rotatable bonds is 5. The minimum absolute atomic E-state index is 0.00679. The maximum atomic E-state index is 11.4. The van der Waals surface area contributed by atoms with Crippen LogP contribution in [0.3, 0.4) is 0 Å². The second-order valence-electron chi connectivity index (χ2n) is 5.11. The molecule has 0 radical (unpaired) electrons. The highest BCUT2D eigenvalue weighted by Crippen LogP contribution is 2.19. The largest absolute Gasteiger partial charge is 0.344 e. The van der Waals surface area contributed by atoms with Crippen LogP contribution in [-0.4, -0.2) is 30.9 Å². The van der Waals surface area contributed by atoms with E-state index in [4.69, 9.17) is 5.73 Å². The fourth-order valence-electron chi connectivity index (χ4n) is 1.89. The Bertz CT molecular complexity index is 413. The lowest BCUT2D eigenvalue weighted by Gasteiger charge is -2.17. The quantitative estimate of drug-likeness (QED) is 0.867. The van der Waals surface area contributed by atoms with Crippen molar-refractivity contribution in [1.29, 1.82) is 0 Å². The van der Waals surface area contributed by atoms with Gasteiger partial charge < -0.3 is 10.6 Å². The molecule has 3 heteroatoms. The summed E-state index contributed by atoms with van der Waals surface area (Å²) in [4.78, 5) is 13.1. The van der Waals surface area contributed by atoms with E-state index in [-0.39, 0.29) is 12.5 Å². The lowest BCUT2D eigenvalue weighted by molar-refractivity contribution is -0.128. The van der Waals surface area contributed by atoms with Gasteiger partial charge in [0.2, 0.25) is 5.91 Å². The SMILES string of the molecule is Cc1ccc(C(C)C)cc1CCN(C)C(=O)CN. The monoisotopic (exact) mass is 248 g/mol. The highest BCUT2D eigenvalue weighted by atomic mass is 16.2. The molecule has 2 N–H and O–H groups in total. The molecule has 0 saturated heterocycles. The van der Waals surface area contributed by atoms with E-state index in [1.807, 2.05) is 0 Å². The van der Waals surface area contributed by atoms with E-state index in [1.54, 1.807) is 11.9 Å². The number of hydrogen-bond acceptors (Lipinski definition) is 2. The van der Waals surface area contributed by atoms with Gasteiger partial charge in [-0.05, 0) is 36.0 Å². The molecule has 0 aliphatic rings. The summed E-state index contributed by atoms with van der Waals surface area (Å²) in [6.07, 6.45) is 0.884. The van der Waals surface area contributed by atoms with Crippen molar-refractivity contribution in [3.8, 4) is 0 Å². The average molecular weight is 248 g/mol. The van der Waals surface area contributed by atoms with E-state index < -0.39 is 0 Å². The summed E-state index contributed by atoms with van der Waals surface area (Å²) in [5.41, 5.74) is 9.30. The summed E-state index contributed by atoms with van der Waals surface area (Å²) in [6.45, 7) is 7.31. The minimum atomic E-state index is -0.00679. The molecule has 0 heterocycles. The van der Waals surface area contributed by atoms with Crippen LogP contribution in [0, 0.1) is 6.92 Å². The van der Waals surface area contributed by atoms with E-state index in [0.29, 0.717) is 5.92 Å². The summed E-state index contributed by atoms with van der Waals surface area (Å²) in [5, 5.41) is 0. The molecular weight excluding hydrogens is 224 g/mol. The predicted molar refractivity (Wildman–Crippen MR) is 75.7 cm³/mol. The second-order valence-corrected chi connectivity index (χ2v) is 5.11. The van der Waals surface area contributed by atoms with Gasteiger partial charge in [0.1, 0.15) is 0 Å². The van der Waals surface area contributed by atoms with E-state index in [0.717, 1.165) is 13.0 Å². The van der Waals surface area contributed by atoms with Crippen LogP contribution in [0.5, 0.6) is 0 Å². The number of carbonyl (C=O) groups excluding carboxylic acids is 1. The van der Waals surface area contributed by atoms with Gasteiger partial charge in [-0.25, -0.2) is 0 Å². The summed E-state index contributed by atoms with van der Waals surface area (Å²) in [6, 6.07) is 6.59. The molecule has 0 aromatic heterocycles. The van der Waals surface area contributed by atoms with Crippen LogP contribution in [0.15, 0.2) is 18.2 Å². The van der Waals surface area contributed by atoms with Gasteiger partial charge in [-0.15, -0.1) is 0 Å². The first-order chi connectivity index (χ1) is 8.45. The summed E-state index contributed by atoms with van der Waals surface area (Å²) in [5.74, 6) is 0.528. The fraction of sp³-hybridized carbons (Fsp3) is 0.533. The molecule has 3 nitrogen and oxygen atoms in total. The molecule has 1 rings (SSSR count). The number of nitrogens with zero attached hydrogens (tertiary/aromatic N) is 1. The number of amides is 1. The number of hydrogen-bond donors (Lipinski definition) is 1. The molecule has 0 aliphatic carbocycles. The van der Waals surface area contributed by atoms with Crippen LogP contribution in [0.25, 0.3) is 0 Å². The zero-order valence-corrected chi connectivity index (χ0v) is 11.9. The van der Waals surface area contributed by atoms with Crippen LogP contribution >= 0.6 is 0 Å². The minimum Gasteiger partial charge on any atom is -0.344 e. The highest BCUT2D eigenvalue weighted by molar-refractivity contribution is 5.77. The standard InChI is InChI=1S/C15H24N2O/c1-11(2)13-6-5-12(3)14(9-13)7-8-17(4)15(18)10-16/h5-6,9,11H,7-8,10,16H2,1-4H3. The smallest absolute Gasteiger partial charge is 0.236 e. The van der Waals surface area contributed by atoms with Gasteiger partial charge in [-0.1, -0.05) is 32.0 Å². The number of aryl methyl sites for hydroxylation is 1. The lowest BCUT2D eigenvalue weighted by Crippen LogP contribution is -2.34. The zero-order chi connectivity index (χ0) is 13.7. The average Bonchev–Trinajstić information content (AvgIpc) is 2.36. The van der Waals surface area contributed by atoms with Gasteiger partial charge in [0.05, 0.1) is 6.54 Å². The van der Waals surface area contributed by atoms with Crippen LogP contribution in [0.1, 0.15) is 36.5 Å². The first kappa shape index (κ1) is 14.7. The molecule has 100 valence electrons. The third kappa shape index (κ3) is 3.84. The zero-order valence-electron chi connectivity index (χ0n) is 11.9. The van der Waals surface area contributed by atoms with E-state index >= 15 is 0 Å². The third-order valence-electron chi connectivity index (χ3n) is 3.36. The van der Waals surface area contributed by atoms with Crippen molar-refractivity contribution in [2.75, 3.05) is 20.1 Å². The van der Waals surface area contributed by atoms with Crippen molar-refractivity contribution in [3.05, 3.63) is 34.9 Å². The molecule has 0 aliphatic heterocycles. The van der Waals surface area contributed by atoms with Gasteiger partial charge in [-0.3, -0.25) is 4.79 Å². The normalized spacial score (nSPS) is 10.8.